The van der Waals surface area contributed by atoms with E-state index in [-0.39, 0.29) is 24.6 Å². The molecule has 1 aromatic carbocycles. The molecule has 0 heterocycles. The van der Waals surface area contributed by atoms with Gasteiger partial charge in [0, 0.05) is 24.8 Å². The Labute approximate surface area is 107 Å². The van der Waals surface area contributed by atoms with Crippen molar-refractivity contribution in [3.05, 3.63) is 35.4 Å². The molecule has 0 amide bonds. The van der Waals surface area contributed by atoms with Crippen LogP contribution in [-0.2, 0) is 6.54 Å². The highest BCUT2D eigenvalue weighted by molar-refractivity contribution is 5.18. The first-order chi connectivity index (χ1) is 8.36. The first-order valence-corrected chi connectivity index (χ1v) is 6.13. The Morgan fingerprint density at radius 3 is 2.50 bits per heavy atom. The molecule has 0 aliphatic carbocycles. The minimum atomic E-state index is -0.830. The van der Waals surface area contributed by atoms with Gasteiger partial charge in [0.25, 0.3) is 0 Å². The summed E-state index contributed by atoms with van der Waals surface area (Å²) in [5.41, 5.74) is 0.259. The fourth-order valence-electron chi connectivity index (χ4n) is 1.89. The molecule has 0 saturated carbocycles. The first-order valence-electron chi connectivity index (χ1n) is 6.13. The average Bonchev–Trinajstić information content (AvgIpc) is 2.28. The zero-order valence-corrected chi connectivity index (χ0v) is 11.1. The number of rotatable bonds is 5. The average molecular weight is 257 g/mol. The smallest absolute Gasteiger partial charge is 0.163 e. The molecule has 0 fully saturated rings. The number of hydrogen-bond donors (Lipinski definition) is 2. The maximum atomic E-state index is 13.5. The van der Waals surface area contributed by atoms with E-state index in [1.807, 2.05) is 20.8 Å². The highest BCUT2D eigenvalue weighted by Crippen LogP contribution is 2.22. The summed E-state index contributed by atoms with van der Waals surface area (Å²) in [6, 6.07) is 4.20. The standard InChI is InChI=1S/C14H21F2NO/c1-14(2,3)12(7-8-18)17-9-10-5-4-6-11(15)13(10)16/h4-6,12,17-18H,7-9H2,1-3H3. The van der Waals surface area contributed by atoms with Crippen LogP contribution in [0.15, 0.2) is 18.2 Å². The largest absolute Gasteiger partial charge is 0.396 e. The molecule has 1 atom stereocenters. The summed E-state index contributed by atoms with van der Waals surface area (Å²) in [5, 5.41) is 12.2. The van der Waals surface area contributed by atoms with E-state index in [2.05, 4.69) is 5.32 Å². The van der Waals surface area contributed by atoms with Gasteiger partial charge in [0.2, 0.25) is 0 Å². The van der Waals surface area contributed by atoms with Crippen LogP contribution in [0.1, 0.15) is 32.8 Å². The number of nitrogens with one attached hydrogen (secondary N) is 1. The minimum Gasteiger partial charge on any atom is -0.396 e. The number of aliphatic hydroxyl groups is 1. The Bertz CT molecular complexity index is 388. The molecule has 0 radical (unpaired) electrons. The molecule has 0 aliphatic heterocycles. The van der Waals surface area contributed by atoms with Crippen LogP contribution < -0.4 is 5.32 Å². The lowest BCUT2D eigenvalue weighted by molar-refractivity contribution is 0.196. The van der Waals surface area contributed by atoms with E-state index in [9.17, 15) is 8.78 Å². The summed E-state index contributed by atoms with van der Waals surface area (Å²) in [6.07, 6.45) is 0.584. The molecule has 0 spiro atoms. The summed E-state index contributed by atoms with van der Waals surface area (Å²) in [4.78, 5) is 0. The molecule has 1 unspecified atom stereocenters. The Kier molecular flexibility index (Phi) is 5.23. The van der Waals surface area contributed by atoms with Crippen molar-refractivity contribution in [3.63, 3.8) is 0 Å². The third-order valence-electron chi connectivity index (χ3n) is 3.03. The molecule has 2 nitrogen and oxygen atoms in total. The van der Waals surface area contributed by atoms with Crippen LogP contribution in [0.4, 0.5) is 8.78 Å². The summed E-state index contributed by atoms with van der Waals surface area (Å²) in [6.45, 7) is 6.46. The Balaban J connectivity index is 2.70. The molecule has 2 N–H and O–H groups in total. The lowest BCUT2D eigenvalue weighted by Crippen LogP contribution is -2.40. The minimum absolute atomic E-state index is 0.0465. The molecule has 0 aromatic heterocycles. The third kappa shape index (κ3) is 4.03. The van der Waals surface area contributed by atoms with E-state index in [1.54, 1.807) is 6.07 Å². The van der Waals surface area contributed by atoms with E-state index in [0.717, 1.165) is 6.07 Å². The highest BCUT2D eigenvalue weighted by Gasteiger charge is 2.23. The Hall–Kier alpha value is -1.00. The van der Waals surface area contributed by atoms with E-state index in [1.165, 1.54) is 6.07 Å². The highest BCUT2D eigenvalue weighted by atomic mass is 19.2. The maximum absolute atomic E-state index is 13.5. The number of hydrogen-bond acceptors (Lipinski definition) is 2. The molecule has 102 valence electrons. The van der Waals surface area contributed by atoms with Gasteiger partial charge < -0.3 is 10.4 Å². The normalized spacial score (nSPS) is 13.7. The van der Waals surface area contributed by atoms with Crippen molar-refractivity contribution in [1.82, 2.24) is 5.32 Å². The molecule has 1 aromatic rings. The van der Waals surface area contributed by atoms with E-state index < -0.39 is 11.6 Å². The van der Waals surface area contributed by atoms with Crippen molar-refractivity contribution in [2.75, 3.05) is 6.61 Å². The van der Waals surface area contributed by atoms with Gasteiger partial charge in [0.15, 0.2) is 11.6 Å². The maximum Gasteiger partial charge on any atom is 0.163 e. The Morgan fingerprint density at radius 1 is 1.28 bits per heavy atom. The van der Waals surface area contributed by atoms with Crippen LogP contribution in [0.25, 0.3) is 0 Å². The van der Waals surface area contributed by atoms with Gasteiger partial charge in [-0.15, -0.1) is 0 Å². The third-order valence-corrected chi connectivity index (χ3v) is 3.03. The second-order valence-corrected chi connectivity index (χ2v) is 5.52. The van der Waals surface area contributed by atoms with Crippen molar-refractivity contribution in [2.45, 2.75) is 39.8 Å². The van der Waals surface area contributed by atoms with Gasteiger partial charge in [0.1, 0.15) is 0 Å². The molecule has 0 saturated heterocycles. The summed E-state index contributed by atoms with van der Waals surface area (Å²) in [7, 11) is 0. The van der Waals surface area contributed by atoms with Gasteiger partial charge >= 0.3 is 0 Å². The van der Waals surface area contributed by atoms with Crippen molar-refractivity contribution in [3.8, 4) is 0 Å². The summed E-state index contributed by atoms with van der Waals surface area (Å²) >= 11 is 0. The topological polar surface area (TPSA) is 32.3 Å². The molecule has 0 aliphatic rings. The van der Waals surface area contributed by atoms with E-state index in [0.29, 0.717) is 12.0 Å². The molecule has 1 rings (SSSR count). The van der Waals surface area contributed by atoms with Gasteiger partial charge in [-0.1, -0.05) is 32.9 Å². The summed E-state index contributed by atoms with van der Waals surface area (Å²) in [5.74, 6) is -1.63. The molecular weight excluding hydrogens is 236 g/mol. The van der Waals surface area contributed by atoms with Gasteiger partial charge in [-0.05, 0) is 17.9 Å². The van der Waals surface area contributed by atoms with Crippen LogP contribution in [0.2, 0.25) is 0 Å². The lowest BCUT2D eigenvalue weighted by Gasteiger charge is -2.31. The van der Waals surface area contributed by atoms with Crippen LogP contribution in [-0.4, -0.2) is 17.8 Å². The van der Waals surface area contributed by atoms with Gasteiger partial charge in [0.05, 0.1) is 0 Å². The SMILES string of the molecule is CC(C)(C)C(CCO)NCc1cccc(F)c1F. The van der Waals surface area contributed by atoms with Crippen LogP contribution >= 0.6 is 0 Å². The van der Waals surface area contributed by atoms with E-state index in [4.69, 9.17) is 5.11 Å². The van der Waals surface area contributed by atoms with Gasteiger partial charge in [-0.3, -0.25) is 0 Å². The lowest BCUT2D eigenvalue weighted by atomic mass is 9.85. The van der Waals surface area contributed by atoms with Crippen molar-refractivity contribution >= 4 is 0 Å². The molecule has 0 bridgehead atoms. The molecule has 4 heteroatoms. The van der Waals surface area contributed by atoms with Crippen LogP contribution in [0, 0.1) is 17.0 Å². The number of halogens is 2. The van der Waals surface area contributed by atoms with Gasteiger partial charge in [-0.2, -0.15) is 0 Å². The molecule has 18 heavy (non-hydrogen) atoms. The fourth-order valence-corrected chi connectivity index (χ4v) is 1.89. The number of aliphatic hydroxyl groups excluding tert-OH is 1. The number of benzene rings is 1. The summed E-state index contributed by atoms with van der Waals surface area (Å²) < 4.78 is 26.5. The second kappa shape index (κ2) is 6.25. The predicted octanol–water partition coefficient (Wildman–Crippen LogP) is 2.85. The zero-order valence-electron chi connectivity index (χ0n) is 11.1. The fraction of sp³-hybridized carbons (Fsp3) is 0.571. The Morgan fingerprint density at radius 2 is 1.94 bits per heavy atom. The van der Waals surface area contributed by atoms with Crippen molar-refractivity contribution in [1.29, 1.82) is 0 Å². The van der Waals surface area contributed by atoms with Crippen LogP contribution in [0.3, 0.4) is 0 Å². The van der Waals surface area contributed by atoms with Crippen molar-refractivity contribution in [2.24, 2.45) is 5.41 Å². The van der Waals surface area contributed by atoms with Gasteiger partial charge in [-0.25, -0.2) is 8.78 Å². The monoisotopic (exact) mass is 257 g/mol. The van der Waals surface area contributed by atoms with Crippen LogP contribution in [0.5, 0.6) is 0 Å². The van der Waals surface area contributed by atoms with Crippen molar-refractivity contribution < 1.29 is 13.9 Å². The first kappa shape index (κ1) is 15.1. The van der Waals surface area contributed by atoms with E-state index >= 15 is 0 Å². The molecular formula is C14H21F2NO. The predicted molar refractivity (Wildman–Crippen MR) is 68.1 cm³/mol. The second-order valence-electron chi connectivity index (χ2n) is 5.52. The zero-order chi connectivity index (χ0) is 13.8. The quantitative estimate of drug-likeness (QED) is 0.850.